The second-order valence-electron chi connectivity index (χ2n) is 6.19. The van der Waals surface area contributed by atoms with Gasteiger partial charge in [0.05, 0.1) is 17.1 Å². The molecule has 0 unspecified atom stereocenters. The van der Waals surface area contributed by atoms with E-state index in [2.05, 4.69) is 0 Å². The summed E-state index contributed by atoms with van der Waals surface area (Å²) in [6, 6.07) is 14.4. The first-order valence-electron chi connectivity index (χ1n) is 7.63. The van der Waals surface area contributed by atoms with Crippen LogP contribution in [0.1, 0.15) is 23.1 Å². The van der Waals surface area contributed by atoms with Crippen molar-refractivity contribution in [1.29, 1.82) is 0 Å². The molecule has 2 aromatic rings. The lowest BCUT2D eigenvalue weighted by Crippen LogP contribution is -2.31. The standard InChI is InChI=1S/C18H20O4S/c1-14-6-8-17(9-7-14)23(20,21)22-11-10-18(19)12-15-4-2-3-5-16(15)13-18/h2-9,19H,10-13H2,1H3. The lowest BCUT2D eigenvalue weighted by atomic mass is 9.97. The highest BCUT2D eigenvalue weighted by Gasteiger charge is 2.35. The molecule has 3 rings (SSSR count). The number of fused-ring (bicyclic) bond motifs is 1. The average molecular weight is 332 g/mol. The van der Waals surface area contributed by atoms with E-state index in [1.54, 1.807) is 12.1 Å². The Morgan fingerprint density at radius 3 is 2.17 bits per heavy atom. The van der Waals surface area contributed by atoms with E-state index in [1.165, 1.54) is 12.1 Å². The predicted molar refractivity (Wildman–Crippen MR) is 87.7 cm³/mol. The number of rotatable bonds is 5. The number of benzene rings is 2. The first-order valence-corrected chi connectivity index (χ1v) is 9.04. The first-order chi connectivity index (χ1) is 10.9. The summed E-state index contributed by atoms with van der Waals surface area (Å²) in [5, 5.41) is 10.6. The summed E-state index contributed by atoms with van der Waals surface area (Å²) in [7, 11) is -3.77. The van der Waals surface area contributed by atoms with Gasteiger partial charge in [0.15, 0.2) is 0 Å². The fourth-order valence-electron chi connectivity index (χ4n) is 2.97. The van der Waals surface area contributed by atoms with Gasteiger partial charge in [-0.15, -0.1) is 0 Å². The van der Waals surface area contributed by atoms with Crippen molar-refractivity contribution in [2.75, 3.05) is 6.61 Å². The highest BCUT2D eigenvalue weighted by Crippen LogP contribution is 2.32. The molecule has 0 atom stereocenters. The van der Waals surface area contributed by atoms with Gasteiger partial charge in [0.2, 0.25) is 0 Å². The van der Waals surface area contributed by atoms with Crippen LogP contribution in [0.4, 0.5) is 0 Å². The van der Waals surface area contributed by atoms with Gasteiger partial charge in [-0.2, -0.15) is 8.42 Å². The average Bonchev–Trinajstić information content (AvgIpc) is 2.83. The van der Waals surface area contributed by atoms with Crippen LogP contribution in [0, 0.1) is 6.92 Å². The van der Waals surface area contributed by atoms with E-state index in [0.29, 0.717) is 12.8 Å². The van der Waals surface area contributed by atoms with Gasteiger partial charge in [0.25, 0.3) is 10.1 Å². The van der Waals surface area contributed by atoms with Crippen LogP contribution in [0.3, 0.4) is 0 Å². The Labute approximate surface area is 136 Å². The molecule has 4 nitrogen and oxygen atoms in total. The van der Waals surface area contributed by atoms with E-state index in [9.17, 15) is 13.5 Å². The van der Waals surface area contributed by atoms with E-state index in [0.717, 1.165) is 16.7 Å². The Hall–Kier alpha value is -1.69. The van der Waals surface area contributed by atoms with Gasteiger partial charge in [0, 0.05) is 19.3 Å². The zero-order chi connectivity index (χ0) is 16.5. The Morgan fingerprint density at radius 1 is 1.04 bits per heavy atom. The van der Waals surface area contributed by atoms with E-state index < -0.39 is 15.7 Å². The second-order valence-corrected chi connectivity index (χ2v) is 7.80. The minimum atomic E-state index is -3.77. The van der Waals surface area contributed by atoms with Gasteiger partial charge in [-0.3, -0.25) is 4.18 Å². The highest BCUT2D eigenvalue weighted by atomic mass is 32.2. The molecule has 0 saturated carbocycles. The summed E-state index contributed by atoms with van der Waals surface area (Å²) in [6.45, 7) is 1.87. The van der Waals surface area contributed by atoms with Crippen LogP contribution in [0.25, 0.3) is 0 Å². The van der Waals surface area contributed by atoms with Gasteiger partial charge >= 0.3 is 0 Å². The second kappa shape index (κ2) is 6.07. The zero-order valence-electron chi connectivity index (χ0n) is 13.0. The molecule has 2 aromatic carbocycles. The largest absolute Gasteiger partial charge is 0.389 e. The fourth-order valence-corrected chi connectivity index (χ4v) is 3.87. The monoisotopic (exact) mass is 332 g/mol. The maximum Gasteiger partial charge on any atom is 0.296 e. The summed E-state index contributed by atoms with van der Waals surface area (Å²) in [5.41, 5.74) is 2.31. The Morgan fingerprint density at radius 2 is 1.61 bits per heavy atom. The van der Waals surface area contributed by atoms with Crippen LogP contribution in [0.15, 0.2) is 53.4 Å². The number of aryl methyl sites for hydroxylation is 1. The number of aliphatic hydroxyl groups is 1. The van der Waals surface area contributed by atoms with Crippen LogP contribution < -0.4 is 0 Å². The maximum atomic E-state index is 12.1. The van der Waals surface area contributed by atoms with Crippen molar-refractivity contribution in [2.24, 2.45) is 0 Å². The van der Waals surface area contributed by atoms with Crippen molar-refractivity contribution in [3.05, 3.63) is 65.2 Å². The molecule has 0 radical (unpaired) electrons. The fraction of sp³-hybridized carbons (Fsp3) is 0.333. The maximum absolute atomic E-state index is 12.1. The molecule has 0 spiro atoms. The number of hydrogen-bond acceptors (Lipinski definition) is 4. The molecule has 0 aliphatic heterocycles. The third kappa shape index (κ3) is 3.63. The Kier molecular flexibility index (Phi) is 4.27. The van der Waals surface area contributed by atoms with Crippen molar-refractivity contribution in [3.8, 4) is 0 Å². The molecular formula is C18H20O4S. The van der Waals surface area contributed by atoms with Crippen LogP contribution in [-0.2, 0) is 27.1 Å². The summed E-state index contributed by atoms with van der Waals surface area (Å²) < 4.78 is 29.4. The van der Waals surface area contributed by atoms with Crippen LogP contribution in [0.5, 0.6) is 0 Å². The predicted octanol–water partition coefficient (Wildman–Crippen LogP) is 2.62. The Bertz CT molecular complexity index is 769. The van der Waals surface area contributed by atoms with Crippen LogP contribution in [0.2, 0.25) is 0 Å². The normalized spacial score (nSPS) is 16.3. The lowest BCUT2D eigenvalue weighted by molar-refractivity contribution is 0.0299. The van der Waals surface area contributed by atoms with Crippen molar-refractivity contribution in [1.82, 2.24) is 0 Å². The molecule has 0 bridgehead atoms. The van der Waals surface area contributed by atoms with Gasteiger partial charge < -0.3 is 5.11 Å². The quantitative estimate of drug-likeness (QED) is 0.855. The van der Waals surface area contributed by atoms with Crippen molar-refractivity contribution >= 4 is 10.1 Å². The van der Waals surface area contributed by atoms with E-state index in [4.69, 9.17) is 4.18 Å². The first kappa shape index (κ1) is 16.2. The minimum absolute atomic E-state index is 0.0271. The molecule has 1 aliphatic carbocycles. The van der Waals surface area contributed by atoms with Gasteiger partial charge in [-0.25, -0.2) is 0 Å². The topological polar surface area (TPSA) is 63.6 Å². The molecule has 0 aromatic heterocycles. The van der Waals surface area contributed by atoms with Gasteiger partial charge in [0.1, 0.15) is 0 Å². The van der Waals surface area contributed by atoms with E-state index in [1.807, 2.05) is 31.2 Å². The molecule has 5 heteroatoms. The molecule has 0 fully saturated rings. The molecule has 122 valence electrons. The molecule has 0 heterocycles. The smallest absolute Gasteiger partial charge is 0.296 e. The van der Waals surface area contributed by atoms with Crippen molar-refractivity contribution in [3.63, 3.8) is 0 Å². The highest BCUT2D eigenvalue weighted by molar-refractivity contribution is 7.86. The molecule has 1 aliphatic rings. The number of hydrogen-bond donors (Lipinski definition) is 1. The molecule has 0 amide bonds. The van der Waals surface area contributed by atoms with Crippen molar-refractivity contribution in [2.45, 2.75) is 36.7 Å². The molecule has 0 saturated heterocycles. The molecular weight excluding hydrogens is 312 g/mol. The van der Waals surface area contributed by atoms with Gasteiger partial charge in [-0.1, -0.05) is 42.0 Å². The SMILES string of the molecule is Cc1ccc(S(=O)(=O)OCCC2(O)Cc3ccccc3C2)cc1. The third-order valence-electron chi connectivity index (χ3n) is 4.27. The zero-order valence-corrected chi connectivity index (χ0v) is 13.8. The summed E-state index contributed by atoms with van der Waals surface area (Å²) in [5.74, 6) is 0. The van der Waals surface area contributed by atoms with Crippen LogP contribution >= 0.6 is 0 Å². The Balaban J connectivity index is 1.60. The summed E-state index contributed by atoms with van der Waals surface area (Å²) in [6.07, 6.45) is 1.36. The third-order valence-corrected chi connectivity index (χ3v) is 5.60. The van der Waals surface area contributed by atoms with Gasteiger partial charge in [-0.05, 0) is 30.2 Å². The summed E-state index contributed by atoms with van der Waals surface area (Å²) in [4.78, 5) is 0.143. The van der Waals surface area contributed by atoms with E-state index in [-0.39, 0.29) is 17.9 Å². The molecule has 1 N–H and O–H groups in total. The van der Waals surface area contributed by atoms with Crippen LogP contribution in [-0.4, -0.2) is 25.7 Å². The van der Waals surface area contributed by atoms with Crippen molar-refractivity contribution < 1.29 is 17.7 Å². The minimum Gasteiger partial charge on any atom is -0.389 e. The lowest BCUT2D eigenvalue weighted by Gasteiger charge is -2.21. The summed E-state index contributed by atoms with van der Waals surface area (Å²) >= 11 is 0. The molecule has 23 heavy (non-hydrogen) atoms. The van der Waals surface area contributed by atoms with E-state index >= 15 is 0 Å².